The summed E-state index contributed by atoms with van der Waals surface area (Å²) in [5.41, 5.74) is 4.87. The minimum absolute atomic E-state index is 0.00436. The van der Waals surface area contributed by atoms with Crippen LogP contribution in [0.15, 0.2) is 71.2 Å². The lowest BCUT2D eigenvalue weighted by atomic mass is 10.1. The number of aromatic nitrogens is 2. The van der Waals surface area contributed by atoms with Crippen LogP contribution in [0.4, 0.5) is 5.69 Å². The van der Waals surface area contributed by atoms with E-state index in [0.717, 1.165) is 33.2 Å². The number of hydrogen-bond donors (Lipinski definition) is 1. The van der Waals surface area contributed by atoms with E-state index in [-0.39, 0.29) is 24.1 Å². The molecule has 1 heterocycles. The molecule has 0 aliphatic carbocycles. The number of imidazole rings is 1. The number of anilines is 1. The van der Waals surface area contributed by atoms with Gasteiger partial charge in [0.25, 0.3) is 0 Å². The molecule has 0 spiro atoms. The van der Waals surface area contributed by atoms with Crippen LogP contribution in [-0.4, -0.2) is 21.2 Å². The molecule has 0 bridgehead atoms. The Bertz CT molecular complexity index is 1280. The standard InChI is InChI=1S/C25H22BrN3O2/c1-3-17-8-6-7-16(2)23(17)28-22(30)15-29-21-10-5-4-9-20(21)27-25(29)24(31)18-11-13-19(26)14-12-18/h4-14H,3,15H2,1-2H3,(H,28,30). The van der Waals surface area contributed by atoms with Gasteiger partial charge in [-0.2, -0.15) is 0 Å². The quantitative estimate of drug-likeness (QED) is 0.372. The van der Waals surface area contributed by atoms with Crippen molar-refractivity contribution in [3.8, 4) is 0 Å². The summed E-state index contributed by atoms with van der Waals surface area (Å²) < 4.78 is 2.58. The summed E-state index contributed by atoms with van der Waals surface area (Å²) in [7, 11) is 0. The number of fused-ring (bicyclic) bond motifs is 1. The molecule has 3 aromatic carbocycles. The fourth-order valence-corrected chi connectivity index (χ4v) is 3.93. The van der Waals surface area contributed by atoms with Gasteiger partial charge in [-0.15, -0.1) is 0 Å². The Morgan fingerprint density at radius 3 is 2.48 bits per heavy atom. The molecule has 6 heteroatoms. The molecule has 0 unspecified atom stereocenters. The summed E-state index contributed by atoms with van der Waals surface area (Å²) in [6, 6.07) is 20.6. The van der Waals surface area contributed by atoms with E-state index < -0.39 is 0 Å². The zero-order valence-electron chi connectivity index (χ0n) is 17.4. The predicted octanol–water partition coefficient (Wildman–Crippen LogP) is 5.54. The van der Waals surface area contributed by atoms with Crippen LogP contribution in [0.1, 0.15) is 34.2 Å². The zero-order chi connectivity index (χ0) is 22.0. The number of halogens is 1. The summed E-state index contributed by atoms with van der Waals surface area (Å²) in [5.74, 6) is -0.169. The largest absolute Gasteiger partial charge is 0.324 e. The molecule has 31 heavy (non-hydrogen) atoms. The van der Waals surface area contributed by atoms with E-state index in [1.807, 2.05) is 61.5 Å². The summed E-state index contributed by atoms with van der Waals surface area (Å²) in [6.07, 6.45) is 0.818. The Morgan fingerprint density at radius 2 is 1.74 bits per heavy atom. The van der Waals surface area contributed by atoms with E-state index in [1.165, 1.54) is 0 Å². The first-order chi connectivity index (χ1) is 15.0. The Balaban J connectivity index is 1.70. The molecule has 156 valence electrons. The fraction of sp³-hybridized carbons (Fsp3) is 0.160. The smallest absolute Gasteiger partial charge is 0.244 e. The Morgan fingerprint density at radius 1 is 1.00 bits per heavy atom. The molecular weight excluding hydrogens is 454 g/mol. The number of carbonyl (C=O) groups is 2. The van der Waals surface area contributed by atoms with E-state index in [0.29, 0.717) is 11.1 Å². The average molecular weight is 476 g/mol. The normalized spacial score (nSPS) is 10.9. The van der Waals surface area contributed by atoms with Crippen LogP contribution in [0.5, 0.6) is 0 Å². The van der Waals surface area contributed by atoms with Crippen molar-refractivity contribution in [3.05, 3.63) is 93.7 Å². The van der Waals surface area contributed by atoms with E-state index in [1.54, 1.807) is 16.7 Å². The maximum absolute atomic E-state index is 13.2. The number of benzene rings is 3. The van der Waals surface area contributed by atoms with Gasteiger partial charge in [0.15, 0.2) is 5.82 Å². The molecule has 1 aromatic heterocycles. The van der Waals surface area contributed by atoms with Crippen molar-refractivity contribution in [1.82, 2.24) is 9.55 Å². The lowest BCUT2D eigenvalue weighted by Gasteiger charge is -2.14. The molecule has 0 atom stereocenters. The summed E-state index contributed by atoms with van der Waals surface area (Å²) in [4.78, 5) is 30.8. The van der Waals surface area contributed by atoms with E-state index >= 15 is 0 Å². The Kier molecular flexibility index (Phi) is 6.00. The first kappa shape index (κ1) is 21.0. The van der Waals surface area contributed by atoms with Gasteiger partial charge >= 0.3 is 0 Å². The molecule has 0 radical (unpaired) electrons. The molecule has 0 aliphatic rings. The SMILES string of the molecule is CCc1cccc(C)c1NC(=O)Cn1c(C(=O)c2ccc(Br)cc2)nc2ccccc21. The highest BCUT2D eigenvalue weighted by Gasteiger charge is 2.21. The van der Waals surface area contributed by atoms with Gasteiger partial charge in [0, 0.05) is 15.7 Å². The highest BCUT2D eigenvalue weighted by molar-refractivity contribution is 9.10. The predicted molar refractivity (Wildman–Crippen MR) is 126 cm³/mol. The van der Waals surface area contributed by atoms with Crippen LogP contribution in [-0.2, 0) is 17.8 Å². The third kappa shape index (κ3) is 4.30. The van der Waals surface area contributed by atoms with Gasteiger partial charge in [-0.05, 0) is 60.9 Å². The van der Waals surface area contributed by atoms with Crippen molar-refractivity contribution in [3.63, 3.8) is 0 Å². The lowest BCUT2D eigenvalue weighted by molar-refractivity contribution is -0.116. The lowest BCUT2D eigenvalue weighted by Crippen LogP contribution is -2.23. The van der Waals surface area contributed by atoms with Gasteiger partial charge in [-0.3, -0.25) is 9.59 Å². The maximum atomic E-state index is 13.2. The number of hydrogen-bond acceptors (Lipinski definition) is 3. The number of ketones is 1. The molecule has 0 aliphatic heterocycles. The van der Waals surface area contributed by atoms with Crippen molar-refractivity contribution in [1.29, 1.82) is 0 Å². The van der Waals surface area contributed by atoms with Crippen molar-refractivity contribution in [2.45, 2.75) is 26.8 Å². The molecule has 5 nitrogen and oxygen atoms in total. The third-order valence-electron chi connectivity index (χ3n) is 5.27. The molecule has 0 saturated heterocycles. The highest BCUT2D eigenvalue weighted by Crippen LogP contribution is 2.23. The number of nitrogens with one attached hydrogen (secondary N) is 1. The number of nitrogens with zero attached hydrogens (tertiary/aromatic N) is 2. The van der Waals surface area contributed by atoms with Gasteiger partial charge in [-0.25, -0.2) is 4.98 Å². The first-order valence-electron chi connectivity index (χ1n) is 10.1. The van der Waals surface area contributed by atoms with Crippen LogP contribution in [0.3, 0.4) is 0 Å². The molecule has 4 aromatic rings. The Hall–Kier alpha value is -3.25. The van der Waals surface area contributed by atoms with E-state index in [4.69, 9.17) is 0 Å². The zero-order valence-corrected chi connectivity index (χ0v) is 18.9. The van der Waals surface area contributed by atoms with Crippen LogP contribution in [0.2, 0.25) is 0 Å². The minimum atomic E-state index is -0.221. The number of para-hydroxylation sites is 3. The third-order valence-corrected chi connectivity index (χ3v) is 5.80. The van der Waals surface area contributed by atoms with Crippen LogP contribution in [0.25, 0.3) is 11.0 Å². The molecule has 4 rings (SSSR count). The minimum Gasteiger partial charge on any atom is -0.324 e. The number of rotatable bonds is 6. The second-order valence-electron chi connectivity index (χ2n) is 7.36. The Labute approximate surface area is 189 Å². The summed E-state index contributed by atoms with van der Waals surface area (Å²) in [6.45, 7) is 4.03. The number of carbonyl (C=O) groups excluding carboxylic acids is 2. The second kappa shape index (κ2) is 8.86. The fourth-order valence-electron chi connectivity index (χ4n) is 3.66. The number of amides is 1. The van der Waals surface area contributed by atoms with Crippen LogP contribution in [0, 0.1) is 6.92 Å². The van der Waals surface area contributed by atoms with Crippen molar-refractivity contribution in [2.24, 2.45) is 0 Å². The van der Waals surface area contributed by atoms with Crippen molar-refractivity contribution >= 4 is 44.3 Å². The van der Waals surface area contributed by atoms with E-state index in [9.17, 15) is 9.59 Å². The first-order valence-corrected chi connectivity index (χ1v) is 10.9. The summed E-state index contributed by atoms with van der Waals surface area (Å²) >= 11 is 3.39. The van der Waals surface area contributed by atoms with Gasteiger partial charge in [0.2, 0.25) is 11.7 Å². The van der Waals surface area contributed by atoms with Gasteiger partial charge in [0.1, 0.15) is 6.54 Å². The monoisotopic (exact) mass is 475 g/mol. The van der Waals surface area contributed by atoms with Crippen LogP contribution < -0.4 is 5.32 Å². The van der Waals surface area contributed by atoms with Crippen LogP contribution >= 0.6 is 15.9 Å². The number of aryl methyl sites for hydroxylation is 2. The van der Waals surface area contributed by atoms with Gasteiger partial charge < -0.3 is 9.88 Å². The molecule has 1 N–H and O–H groups in total. The highest BCUT2D eigenvalue weighted by atomic mass is 79.9. The summed E-state index contributed by atoms with van der Waals surface area (Å²) in [5, 5.41) is 3.04. The van der Waals surface area contributed by atoms with Gasteiger partial charge in [-0.1, -0.05) is 53.2 Å². The maximum Gasteiger partial charge on any atom is 0.244 e. The molecular formula is C25H22BrN3O2. The molecule has 0 saturated carbocycles. The topological polar surface area (TPSA) is 64.0 Å². The van der Waals surface area contributed by atoms with E-state index in [2.05, 4.69) is 33.2 Å². The molecule has 0 fully saturated rings. The van der Waals surface area contributed by atoms with Crippen molar-refractivity contribution in [2.75, 3.05) is 5.32 Å². The average Bonchev–Trinajstić information content (AvgIpc) is 3.13. The van der Waals surface area contributed by atoms with Crippen molar-refractivity contribution < 1.29 is 9.59 Å². The second-order valence-corrected chi connectivity index (χ2v) is 8.27. The molecule has 1 amide bonds. The van der Waals surface area contributed by atoms with Gasteiger partial charge in [0.05, 0.1) is 11.0 Å².